The van der Waals surface area contributed by atoms with Crippen molar-refractivity contribution < 1.29 is 80.2 Å². The fourth-order valence-corrected chi connectivity index (χ4v) is 10.1. The number of esters is 4. The summed E-state index contributed by atoms with van der Waals surface area (Å²) in [5.41, 5.74) is 0. The van der Waals surface area contributed by atoms with E-state index in [1.54, 1.807) is 0 Å². The first-order valence-electron chi connectivity index (χ1n) is 30.6. The van der Waals surface area contributed by atoms with Gasteiger partial charge in [0.05, 0.1) is 26.4 Å². The highest BCUT2D eigenvalue weighted by Gasteiger charge is 2.30. The van der Waals surface area contributed by atoms with Crippen LogP contribution in [0.3, 0.4) is 0 Å². The predicted octanol–water partition coefficient (Wildman–Crippen LogP) is 15.5. The molecular weight excluding hydrogens is 1030 g/mol. The van der Waals surface area contributed by atoms with Crippen molar-refractivity contribution in [3.63, 3.8) is 0 Å². The van der Waals surface area contributed by atoms with E-state index in [0.717, 1.165) is 109 Å². The average molecular weight is 1140 g/mol. The Morgan fingerprint density at radius 1 is 0.351 bits per heavy atom. The Labute approximate surface area is 467 Å². The summed E-state index contributed by atoms with van der Waals surface area (Å²) in [5.74, 6) is -1.39. The van der Waals surface area contributed by atoms with Gasteiger partial charge in [-0.05, 0) is 31.6 Å². The van der Waals surface area contributed by atoms with Gasteiger partial charge in [0.25, 0.3) is 0 Å². The van der Waals surface area contributed by atoms with Gasteiger partial charge < -0.3 is 33.8 Å². The van der Waals surface area contributed by atoms with Gasteiger partial charge >= 0.3 is 39.5 Å². The van der Waals surface area contributed by atoms with E-state index >= 15 is 0 Å². The molecule has 0 aliphatic heterocycles. The first-order chi connectivity index (χ1) is 37.0. The second-order valence-electron chi connectivity index (χ2n) is 21.5. The van der Waals surface area contributed by atoms with Gasteiger partial charge in [-0.25, -0.2) is 9.13 Å². The highest BCUT2D eigenvalue weighted by molar-refractivity contribution is 7.47. The molecule has 0 spiro atoms. The SMILES string of the molecule is CCCCCCCCCCCCC(=O)OC[C@H](COP(=O)(O)OC[C@@H](O)COP(=O)(O)OC[C@@H](COC(=O)CCCCCCC)OC(=O)CCCCCCCCCC)OC(=O)CCCCCCCCCCCCCC(C)C. The molecule has 0 heterocycles. The molecule has 0 aromatic heterocycles. The van der Waals surface area contributed by atoms with E-state index in [-0.39, 0.29) is 25.7 Å². The van der Waals surface area contributed by atoms with Crippen LogP contribution in [0.1, 0.15) is 285 Å². The van der Waals surface area contributed by atoms with Gasteiger partial charge in [0.2, 0.25) is 0 Å². The lowest BCUT2D eigenvalue weighted by atomic mass is 10.0. The fraction of sp³-hybridized carbons (Fsp3) is 0.931. The van der Waals surface area contributed by atoms with E-state index < -0.39 is 97.5 Å². The molecule has 0 fully saturated rings. The molecule has 0 rings (SSSR count). The van der Waals surface area contributed by atoms with E-state index in [4.69, 9.17) is 37.0 Å². The summed E-state index contributed by atoms with van der Waals surface area (Å²) in [6.45, 7) is 7.03. The molecule has 0 radical (unpaired) electrons. The van der Waals surface area contributed by atoms with E-state index in [9.17, 15) is 43.2 Å². The molecule has 3 N–H and O–H groups in total. The summed E-state index contributed by atoms with van der Waals surface area (Å²) >= 11 is 0. The van der Waals surface area contributed by atoms with Crippen molar-refractivity contribution in [1.82, 2.24) is 0 Å². The lowest BCUT2D eigenvalue weighted by molar-refractivity contribution is -0.161. The van der Waals surface area contributed by atoms with E-state index in [1.807, 2.05) is 0 Å². The van der Waals surface area contributed by atoms with Gasteiger partial charge in [0.1, 0.15) is 19.3 Å². The summed E-state index contributed by atoms with van der Waals surface area (Å²) in [7, 11) is -9.86. The summed E-state index contributed by atoms with van der Waals surface area (Å²) in [6.07, 6.45) is 33.8. The van der Waals surface area contributed by atoms with Crippen molar-refractivity contribution in [2.24, 2.45) is 5.92 Å². The third kappa shape index (κ3) is 53.2. The zero-order valence-corrected chi connectivity index (χ0v) is 50.9. The number of carbonyl (C=O) groups is 4. The van der Waals surface area contributed by atoms with Gasteiger partial charge in [-0.1, -0.05) is 234 Å². The second kappa shape index (κ2) is 52.2. The fourth-order valence-electron chi connectivity index (χ4n) is 8.52. The Morgan fingerprint density at radius 2 is 0.597 bits per heavy atom. The van der Waals surface area contributed by atoms with Crippen LogP contribution in [0.4, 0.5) is 0 Å². The van der Waals surface area contributed by atoms with Gasteiger partial charge in [-0.2, -0.15) is 0 Å². The maximum absolute atomic E-state index is 12.9. The molecular formula is C58H112O17P2. The summed E-state index contributed by atoms with van der Waals surface area (Å²) in [5, 5.41) is 10.5. The van der Waals surface area contributed by atoms with Crippen LogP contribution < -0.4 is 0 Å². The van der Waals surface area contributed by atoms with Gasteiger partial charge in [0, 0.05) is 25.7 Å². The lowest BCUT2D eigenvalue weighted by Gasteiger charge is -2.21. The lowest BCUT2D eigenvalue weighted by Crippen LogP contribution is -2.30. The van der Waals surface area contributed by atoms with Crippen LogP contribution in [0.5, 0.6) is 0 Å². The van der Waals surface area contributed by atoms with Crippen LogP contribution in [0, 0.1) is 5.92 Å². The van der Waals surface area contributed by atoms with Gasteiger partial charge in [-0.3, -0.25) is 37.3 Å². The van der Waals surface area contributed by atoms with Crippen LogP contribution in [-0.2, 0) is 65.4 Å². The predicted molar refractivity (Wildman–Crippen MR) is 303 cm³/mol. The minimum absolute atomic E-state index is 0.104. The van der Waals surface area contributed by atoms with Crippen LogP contribution >= 0.6 is 15.6 Å². The van der Waals surface area contributed by atoms with E-state index in [2.05, 4.69) is 34.6 Å². The van der Waals surface area contributed by atoms with Crippen molar-refractivity contribution in [1.29, 1.82) is 0 Å². The monoisotopic (exact) mass is 1140 g/mol. The standard InChI is InChI=1S/C58H112O17P2/c1-6-9-12-15-17-19-24-28-32-37-42-56(61)69-48-54(75-58(63)44-39-34-29-25-22-20-21-23-26-31-35-40-51(4)5)50-73-77(66,67)71-46-52(59)45-70-76(64,65)72-49-53(47-68-55(60)41-36-30-14-11-8-3)74-57(62)43-38-33-27-18-16-13-10-7-2/h51-54,59H,6-50H2,1-5H3,(H,64,65)(H,66,67)/t52-,53+,54+/m0/s1. The van der Waals surface area contributed by atoms with Gasteiger partial charge in [0.15, 0.2) is 12.2 Å². The number of hydrogen-bond acceptors (Lipinski definition) is 15. The topological polar surface area (TPSA) is 237 Å². The number of hydrogen-bond donors (Lipinski definition) is 3. The van der Waals surface area contributed by atoms with Crippen LogP contribution in [-0.4, -0.2) is 96.7 Å². The number of phosphoric ester groups is 2. The highest BCUT2D eigenvalue weighted by Crippen LogP contribution is 2.45. The molecule has 0 aliphatic rings. The third-order valence-electron chi connectivity index (χ3n) is 13.3. The molecule has 0 aromatic carbocycles. The maximum Gasteiger partial charge on any atom is 0.472 e. The van der Waals surface area contributed by atoms with E-state index in [0.29, 0.717) is 25.7 Å². The molecule has 0 bridgehead atoms. The quantitative estimate of drug-likeness (QED) is 0.0222. The zero-order valence-electron chi connectivity index (χ0n) is 49.1. The molecule has 0 aliphatic carbocycles. The Morgan fingerprint density at radius 3 is 0.883 bits per heavy atom. The molecule has 0 saturated carbocycles. The second-order valence-corrected chi connectivity index (χ2v) is 24.4. The van der Waals surface area contributed by atoms with Gasteiger partial charge in [-0.15, -0.1) is 0 Å². The number of ether oxygens (including phenoxy) is 4. The molecule has 0 saturated heterocycles. The Kier molecular flexibility index (Phi) is 50.8. The largest absolute Gasteiger partial charge is 0.472 e. The van der Waals surface area contributed by atoms with Crippen molar-refractivity contribution in [2.45, 2.75) is 303 Å². The number of unbranched alkanes of at least 4 members (excludes halogenated alkanes) is 30. The molecule has 5 atom stereocenters. The molecule has 0 aromatic rings. The molecule has 2 unspecified atom stereocenters. The van der Waals surface area contributed by atoms with Crippen molar-refractivity contribution in [2.75, 3.05) is 39.6 Å². The van der Waals surface area contributed by atoms with Crippen LogP contribution in [0.15, 0.2) is 0 Å². The number of phosphoric acid groups is 2. The average Bonchev–Trinajstić information content (AvgIpc) is 3.39. The molecule has 77 heavy (non-hydrogen) atoms. The van der Waals surface area contributed by atoms with Crippen LogP contribution in [0.25, 0.3) is 0 Å². The minimum atomic E-state index is -4.94. The number of rotatable bonds is 58. The molecule has 19 heteroatoms. The summed E-state index contributed by atoms with van der Waals surface area (Å²) in [6, 6.07) is 0. The van der Waals surface area contributed by atoms with Crippen molar-refractivity contribution in [3.8, 4) is 0 Å². The van der Waals surface area contributed by atoms with Crippen molar-refractivity contribution >= 4 is 39.5 Å². The number of aliphatic hydroxyl groups is 1. The number of carbonyl (C=O) groups excluding carboxylic acids is 4. The normalized spacial score (nSPS) is 14.4. The summed E-state index contributed by atoms with van der Waals surface area (Å²) < 4.78 is 67.5. The highest BCUT2D eigenvalue weighted by atomic mass is 31.2. The Bertz CT molecular complexity index is 1520. The maximum atomic E-state index is 12.9. The van der Waals surface area contributed by atoms with E-state index in [1.165, 1.54) is 96.3 Å². The minimum Gasteiger partial charge on any atom is -0.462 e. The zero-order chi connectivity index (χ0) is 57.1. The molecule has 0 amide bonds. The third-order valence-corrected chi connectivity index (χ3v) is 15.2. The first-order valence-corrected chi connectivity index (χ1v) is 33.6. The summed E-state index contributed by atoms with van der Waals surface area (Å²) in [4.78, 5) is 71.6. The van der Waals surface area contributed by atoms with Crippen molar-refractivity contribution in [3.05, 3.63) is 0 Å². The number of aliphatic hydroxyl groups excluding tert-OH is 1. The Hall–Kier alpha value is -1.94. The van der Waals surface area contributed by atoms with Crippen LogP contribution in [0.2, 0.25) is 0 Å². The smallest absolute Gasteiger partial charge is 0.462 e. The Balaban J connectivity index is 5.17. The first kappa shape index (κ1) is 75.1. The molecule has 456 valence electrons. The molecule has 17 nitrogen and oxygen atoms in total.